The highest BCUT2D eigenvalue weighted by Gasteiger charge is 2.19. The lowest BCUT2D eigenvalue weighted by molar-refractivity contribution is 0.0934. The van der Waals surface area contributed by atoms with Gasteiger partial charge in [-0.25, -0.2) is 9.07 Å². The third-order valence-corrected chi connectivity index (χ3v) is 4.16. The van der Waals surface area contributed by atoms with E-state index in [0.717, 1.165) is 5.56 Å². The van der Waals surface area contributed by atoms with E-state index in [1.807, 2.05) is 37.3 Å². The zero-order valence-corrected chi connectivity index (χ0v) is 14.3. The lowest BCUT2D eigenvalue weighted by Crippen LogP contribution is -2.27. The van der Waals surface area contributed by atoms with Crippen LogP contribution in [0.25, 0.3) is 5.69 Å². The molecule has 6 heteroatoms. The van der Waals surface area contributed by atoms with E-state index in [4.69, 9.17) is 0 Å². The fourth-order valence-electron chi connectivity index (χ4n) is 2.59. The number of carbonyl (C=O) groups is 1. The molecule has 1 N–H and O–H groups in total. The molecule has 5 nitrogen and oxygen atoms in total. The van der Waals surface area contributed by atoms with Crippen LogP contribution in [0.5, 0.6) is 0 Å². The maximum Gasteiger partial charge on any atom is 0.274 e. The van der Waals surface area contributed by atoms with Gasteiger partial charge in [-0.05, 0) is 44.0 Å². The summed E-state index contributed by atoms with van der Waals surface area (Å²) in [4.78, 5) is 12.5. The maximum atomic E-state index is 13.8. The Hall–Kier alpha value is -3.02. The minimum absolute atomic E-state index is 0.157. The number of amides is 1. The topological polar surface area (TPSA) is 59.8 Å². The largest absolute Gasteiger partial charge is 0.344 e. The minimum atomic E-state index is -0.323. The molecule has 3 aromatic rings. The van der Waals surface area contributed by atoms with Crippen LogP contribution < -0.4 is 5.32 Å². The Morgan fingerprint density at radius 3 is 2.56 bits per heavy atom. The van der Waals surface area contributed by atoms with E-state index in [9.17, 15) is 9.18 Å². The number of aromatic nitrogens is 3. The van der Waals surface area contributed by atoms with Gasteiger partial charge in [-0.2, -0.15) is 0 Å². The number of nitrogens with zero attached hydrogens (tertiary/aromatic N) is 3. The minimum Gasteiger partial charge on any atom is -0.344 e. The Morgan fingerprint density at radius 1 is 1.16 bits per heavy atom. The molecular weight excluding hydrogens is 319 g/mol. The van der Waals surface area contributed by atoms with Crippen LogP contribution in [0.1, 0.15) is 40.3 Å². The summed E-state index contributed by atoms with van der Waals surface area (Å²) in [7, 11) is 0. The van der Waals surface area contributed by atoms with Crippen LogP contribution in [0.2, 0.25) is 0 Å². The van der Waals surface area contributed by atoms with E-state index in [1.165, 1.54) is 10.7 Å². The van der Waals surface area contributed by atoms with E-state index < -0.39 is 0 Å². The summed E-state index contributed by atoms with van der Waals surface area (Å²) in [5.41, 5.74) is 2.87. The summed E-state index contributed by atoms with van der Waals surface area (Å²) in [6.45, 7) is 5.33. The van der Waals surface area contributed by atoms with Gasteiger partial charge >= 0.3 is 0 Å². The molecule has 1 aromatic heterocycles. The van der Waals surface area contributed by atoms with Crippen molar-refractivity contribution in [1.29, 1.82) is 0 Å². The molecule has 1 atom stereocenters. The van der Waals surface area contributed by atoms with Crippen molar-refractivity contribution in [2.45, 2.75) is 26.8 Å². The summed E-state index contributed by atoms with van der Waals surface area (Å²) >= 11 is 0. The highest BCUT2D eigenvalue weighted by Crippen LogP contribution is 2.17. The molecule has 0 unspecified atom stereocenters. The smallest absolute Gasteiger partial charge is 0.274 e. The molecule has 0 fully saturated rings. The van der Waals surface area contributed by atoms with Gasteiger partial charge in [0.05, 0.1) is 17.4 Å². The average Bonchev–Trinajstić information content (AvgIpc) is 2.99. The first-order chi connectivity index (χ1) is 12.0. The molecule has 0 aliphatic rings. The van der Waals surface area contributed by atoms with Crippen LogP contribution in [0, 0.1) is 19.7 Å². The van der Waals surface area contributed by atoms with Crippen molar-refractivity contribution in [1.82, 2.24) is 20.3 Å². The highest BCUT2D eigenvalue weighted by molar-refractivity contribution is 5.93. The zero-order chi connectivity index (χ0) is 18.0. The van der Waals surface area contributed by atoms with Gasteiger partial charge in [-0.1, -0.05) is 41.6 Å². The van der Waals surface area contributed by atoms with Crippen molar-refractivity contribution in [2.24, 2.45) is 0 Å². The van der Waals surface area contributed by atoms with E-state index in [1.54, 1.807) is 26.0 Å². The predicted molar refractivity (Wildman–Crippen MR) is 93.1 cm³/mol. The summed E-state index contributed by atoms with van der Waals surface area (Å²) in [6, 6.07) is 14.3. The Morgan fingerprint density at radius 2 is 1.88 bits per heavy atom. The number of hydrogen-bond donors (Lipinski definition) is 1. The van der Waals surface area contributed by atoms with E-state index >= 15 is 0 Å². The van der Waals surface area contributed by atoms with Crippen LogP contribution >= 0.6 is 0 Å². The second-order valence-electron chi connectivity index (χ2n) is 5.97. The molecule has 2 aromatic carbocycles. The van der Waals surface area contributed by atoms with Crippen molar-refractivity contribution in [3.63, 3.8) is 0 Å². The van der Waals surface area contributed by atoms with Crippen molar-refractivity contribution in [3.05, 3.63) is 76.9 Å². The number of aryl methyl sites for hydroxylation is 1. The summed E-state index contributed by atoms with van der Waals surface area (Å²) in [5, 5.41) is 10.9. The number of nitrogens with one attached hydrogen (secondary N) is 1. The number of carbonyl (C=O) groups excluding carboxylic acids is 1. The molecule has 0 aliphatic carbocycles. The van der Waals surface area contributed by atoms with E-state index in [0.29, 0.717) is 16.9 Å². The fourth-order valence-corrected chi connectivity index (χ4v) is 2.59. The van der Waals surface area contributed by atoms with Crippen LogP contribution in [-0.2, 0) is 0 Å². The molecule has 128 valence electrons. The first-order valence-electron chi connectivity index (χ1n) is 8.02. The van der Waals surface area contributed by atoms with Gasteiger partial charge in [0.25, 0.3) is 5.91 Å². The number of halogens is 1. The number of rotatable bonds is 4. The third-order valence-electron chi connectivity index (χ3n) is 4.16. The first kappa shape index (κ1) is 16.8. The summed E-state index contributed by atoms with van der Waals surface area (Å²) in [5.74, 6) is -0.635. The molecular formula is C19H19FN4O. The first-order valence-corrected chi connectivity index (χ1v) is 8.02. The molecule has 0 bridgehead atoms. The van der Waals surface area contributed by atoms with Crippen molar-refractivity contribution >= 4 is 5.91 Å². The fraction of sp³-hybridized carbons (Fsp3) is 0.211. The van der Waals surface area contributed by atoms with Gasteiger partial charge in [0.1, 0.15) is 5.82 Å². The second-order valence-corrected chi connectivity index (χ2v) is 5.97. The van der Waals surface area contributed by atoms with Crippen LogP contribution in [-0.4, -0.2) is 20.9 Å². The second kappa shape index (κ2) is 6.84. The van der Waals surface area contributed by atoms with Crippen molar-refractivity contribution < 1.29 is 9.18 Å². The molecule has 0 spiro atoms. The van der Waals surface area contributed by atoms with Gasteiger partial charge in [-0.3, -0.25) is 4.79 Å². The SMILES string of the molecule is Cc1ccc(-n2nnc(C(=O)N[C@H](C)c3ccccc3)c2C)cc1F. The van der Waals surface area contributed by atoms with Crippen molar-refractivity contribution in [2.75, 3.05) is 0 Å². The Kier molecular flexibility index (Phi) is 4.61. The zero-order valence-electron chi connectivity index (χ0n) is 14.3. The Balaban J connectivity index is 1.83. The monoisotopic (exact) mass is 338 g/mol. The molecule has 25 heavy (non-hydrogen) atoms. The average molecular weight is 338 g/mol. The summed E-state index contributed by atoms with van der Waals surface area (Å²) < 4.78 is 15.2. The lowest BCUT2D eigenvalue weighted by atomic mass is 10.1. The number of benzene rings is 2. The molecule has 1 amide bonds. The van der Waals surface area contributed by atoms with Gasteiger partial charge in [0, 0.05) is 0 Å². The Bertz CT molecular complexity index is 905. The van der Waals surface area contributed by atoms with E-state index in [-0.39, 0.29) is 23.5 Å². The lowest BCUT2D eigenvalue weighted by Gasteiger charge is -2.13. The Labute approximate surface area is 145 Å². The predicted octanol–water partition coefficient (Wildman–Crippen LogP) is 3.51. The normalized spacial score (nSPS) is 12.0. The highest BCUT2D eigenvalue weighted by atomic mass is 19.1. The molecule has 1 heterocycles. The van der Waals surface area contributed by atoms with Crippen LogP contribution in [0.3, 0.4) is 0 Å². The van der Waals surface area contributed by atoms with E-state index in [2.05, 4.69) is 15.6 Å². The quantitative estimate of drug-likeness (QED) is 0.792. The number of hydrogen-bond acceptors (Lipinski definition) is 3. The standard InChI is InChI=1S/C19H19FN4O/c1-12-9-10-16(11-17(12)20)24-14(3)18(22-23-24)19(25)21-13(2)15-7-5-4-6-8-15/h4-11,13H,1-3H3,(H,21,25)/t13-/m1/s1. The van der Waals surface area contributed by atoms with Gasteiger partial charge < -0.3 is 5.32 Å². The van der Waals surface area contributed by atoms with Gasteiger partial charge in [-0.15, -0.1) is 5.10 Å². The molecule has 0 radical (unpaired) electrons. The van der Waals surface area contributed by atoms with Gasteiger partial charge in [0.2, 0.25) is 0 Å². The van der Waals surface area contributed by atoms with Crippen LogP contribution in [0.15, 0.2) is 48.5 Å². The molecule has 3 rings (SSSR count). The molecule has 0 aliphatic heterocycles. The van der Waals surface area contributed by atoms with Crippen molar-refractivity contribution in [3.8, 4) is 5.69 Å². The van der Waals surface area contributed by atoms with Crippen LogP contribution in [0.4, 0.5) is 4.39 Å². The third kappa shape index (κ3) is 3.42. The molecule has 0 saturated heterocycles. The summed E-state index contributed by atoms with van der Waals surface area (Å²) in [6.07, 6.45) is 0. The molecule has 0 saturated carbocycles. The van der Waals surface area contributed by atoms with Gasteiger partial charge in [0.15, 0.2) is 5.69 Å². The maximum absolute atomic E-state index is 13.8.